The smallest absolute Gasteiger partial charge is 0.128 e. The molecule has 0 fully saturated rings. The van der Waals surface area contributed by atoms with Crippen molar-refractivity contribution in [3.8, 4) is 0 Å². The fourth-order valence-electron chi connectivity index (χ4n) is 2.15. The zero-order valence-corrected chi connectivity index (χ0v) is 11.4. The minimum absolute atomic E-state index is 0.260. The third-order valence-corrected chi connectivity index (χ3v) is 3.39. The van der Waals surface area contributed by atoms with Gasteiger partial charge in [-0.25, -0.2) is 4.39 Å². The van der Waals surface area contributed by atoms with Gasteiger partial charge in [0.2, 0.25) is 0 Å². The van der Waals surface area contributed by atoms with Gasteiger partial charge in [0.05, 0.1) is 0 Å². The van der Waals surface area contributed by atoms with Crippen LogP contribution in [0.25, 0.3) is 10.8 Å². The Morgan fingerprint density at radius 3 is 2.95 bits per heavy atom. The molecule has 4 heteroatoms. The number of anilines is 1. The van der Waals surface area contributed by atoms with Crippen LogP contribution in [0.15, 0.2) is 54.9 Å². The van der Waals surface area contributed by atoms with E-state index in [9.17, 15) is 4.39 Å². The van der Waals surface area contributed by atoms with Crippen LogP contribution in [0.4, 0.5) is 10.1 Å². The van der Waals surface area contributed by atoms with E-state index in [-0.39, 0.29) is 5.82 Å². The lowest BCUT2D eigenvalue weighted by Crippen LogP contribution is -2.02. The van der Waals surface area contributed by atoms with Crippen molar-refractivity contribution in [2.45, 2.75) is 6.54 Å². The molecule has 2 aromatic carbocycles. The van der Waals surface area contributed by atoms with Crippen LogP contribution in [0.3, 0.4) is 0 Å². The van der Waals surface area contributed by atoms with Crippen molar-refractivity contribution in [1.29, 1.82) is 0 Å². The van der Waals surface area contributed by atoms with E-state index in [0.29, 0.717) is 17.1 Å². The molecular formula is C16H12ClFN2. The highest BCUT2D eigenvalue weighted by atomic mass is 35.5. The molecular weight excluding hydrogens is 275 g/mol. The Morgan fingerprint density at radius 1 is 1.15 bits per heavy atom. The molecule has 0 saturated carbocycles. The topological polar surface area (TPSA) is 24.9 Å². The predicted octanol–water partition coefficient (Wildman–Crippen LogP) is 4.64. The summed E-state index contributed by atoms with van der Waals surface area (Å²) < 4.78 is 13.7. The Bertz CT molecular complexity index is 753. The highest BCUT2D eigenvalue weighted by molar-refractivity contribution is 6.30. The summed E-state index contributed by atoms with van der Waals surface area (Å²) in [6, 6.07) is 12.4. The van der Waals surface area contributed by atoms with Crippen molar-refractivity contribution in [2.75, 3.05) is 5.32 Å². The van der Waals surface area contributed by atoms with Gasteiger partial charge in [-0.2, -0.15) is 0 Å². The maximum Gasteiger partial charge on any atom is 0.128 e. The predicted molar refractivity (Wildman–Crippen MR) is 80.5 cm³/mol. The van der Waals surface area contributed by atoms with E-state index < -0.39 is 0 Å². The van der Waals surface area contributed by atoms with Crippen molar-refractivity contribution in [1.82, 2.24) is 4.98 Å². The van der Waals surface area contributed by atoms with E-state index in [1.165, 1.54) is 6.07 Å². The second-order valence-corrected chi connectivity index (χ2v) is 4.93. The minimum atomic E-state index is -0.260. The molecule has 1 aromatic heterocycles. The van der Waals surface area contributed by atoms with Crippen LogP contribution in [0.1, 0.15) is 5.56 Å². The summed E-state index contributed by atoms with van der Waals surface area (Å²) in [7, 11) is 0. The van der Waals surface area contributed by atoms with Crippen LogP contribution >= 0.6 is 11.6 Å². The molecule has 2 nitrogen and oxygen atoms in total. The quantitative estimate of drug-likeness (QED) is 0.759. The molecule has 1 heterocycles. The molecule has 3 rings (SSSR count). The maximum absolute atomic E-state index is 13.7. The SMILES string of the molecule is Fc1ccc(Cl)cc1CNc1cccc2cnccc12. The van der Waals surface area contributed by atoms with Gasteiger partial charge in [0.1, 0.15) is 5.82 Å². The number of rotatable bonds is 3. The van der Waals surface area contributed by atoms with Crippen LogP contribution < -0.4 is 5.32 Å². The van der Waals surface area contributed by atoms with Gasteiger partial charge in [0, 0.05) is 46.0 Å². The van der Waals surface area contributed by atoms with E-state index in [1.807, 2.05) is 24.3 Å². The molecule has 100 valence electrons. The van der Waals surface area contributed by atoms with Crippen molar-refractivity contribution in [3.05, 3.63) is 71.3 Å². The van der Waals surface area contributed by atoms with Gasteiger partial charge in [-0.05, 0) is 30.3 Å². The third-order valence-electron chi connectivity index (χ3n) is 3.16. The second-order valence-electron chi connectivity index (χ2n) is 4.49. The molecule has 20 heavy (non-hydrogen) atoms. The van der Waals surface area contributed by atoms with E-state index in [0.717, 1.165) is 16.5 Å². The van der Waals surface area contributed by atoms with Crippen LogP contribution in [-0.2, 0) is 6.54 Å². The third kappa shape index (κ3) is 2.58. The van der Waals surface area contributed by atoms with E-state index in [2.05, 4.69) is 10.3 Å². The van der Waals surface area contributed by atoms with Gasteiger partial charge in [-0.3, -0.25) is 4.98 Å². The molecule has 0 unspecified atom stereocenters. The van der Waals surface area contributed by atoms with Gasteiger partial charge >= 0.3 is 0 Å². The molecule has 0 amide bonds. The number of pyridine rings is 1. The standard InChI is InChI=1S/C16H12ClFN2/c17-13-4-5-15(18)12(8-13)10-20-16-3-1-2-11-9-19-7-6-14(11)16/h1-9,20H,10H2. The number of aromatic nitrogens is 1. The highest BCUT2D eigenvalue weighted by Gasteiger charge is 2.04. The Morgan fingerprint density at radius 2 is 2.05 bits per heavy atom. The Balaban J connectivity index is 1.89. The van der Waals surface area contributed by atoms with Crippen LogP contribution in [0.5, 0.6) is 0 Å². The molecule has 0 saturated heterocycles. The molecule has 0 aliphatic heterocycles. The van der Waals surface area contributed by atoms with Crippen molar-refractivity contribution in [2.24, 2.45) is 0 Å². The van der Waals surface area contributed by atoms with Crippen LogP contribution in [0.2, 0.25) is 5.02 Å². The van der Waals surface area contributed by atoms with Crippen LogP contribution in [-0.4, -0.2) is 4.98 Å². The minimum Gasteiger partial charge on any atom is -0.380 e. The Kier molecular flexibility index (Phi) is 3.52. The van der Waals surface area contributed by atoms with Gasteiger partial charge in [-0.15, -0.1) is 0 Å². The monoisotopic (exact) mass is 286 g/mol. The summed E-state index contributed by atoms with van der Waals surface area (Å²) in [5, 5.41) is 5.88. The first-order valence-corrected chi connectivity index (χ1v) is 6.62. The summed E-state index contributed by atoms with van der Waals surface area (Å²) in [6.45, 7) is 0.383. The van der Waals surface area contributed by atoms with Crippen molar-refractivity contribution >= 4 is 28.1 Å². The Labute approximate surface area is 121 Å². The van der Waals surface area contributed by atoms with E-state index >= 15 is 0 Å². The average Bonchev–Trinajstić information content (AvgIpc) is 2.48. The fourth-order valence-corrected chi connectivity index (χ4v) is 2.34. The lowest BCUT2D eigenvalue weighted by molar-refractivity contribution is 0.613. The van der Waals surface area contributed by atoms with Gasteiger partial charge in [0.15, 0.2) is 0 Å². The summed E-state index contributed by atoms with van der Waals surface area (Å²) in [5.74, 6) is -0.260. The molecule has 1 N–H and O–H groups in total. The number of hydrogen-bond acceptors (Lipinski definition) is 2. The summed E-state index contributed by atoms with van der Waals surface area (Å²) in [6.07, 6.45) is 3.55. The highest BCUT2D eigenvalue weighted by Crippen LogP contribution is 2.23. The first-order valence-electron chi connectivity index (χ1n) is 6.24. The number of nitrogens with zero attached hydrogens (tertiary/aromatic N) is 1. The first kappa shape index (κ1) is 12.9. The maximum atomic E-state index is 13.7. The molecule has 0 bridgehead atoms. The summed E-state index contributed by atoms with van der Waals surface area (Å²) in [5.41, 5.74) is 1.49. The molecule has 0 radical (unpaired) electrons. The average molecular weight is 287 g/mol. The fraction of sp³-hybridized carbons (Fsp3) is 0.0625. The molecule has 0 spiro atoms. The first-order chi connectivity index (χ1) is 9.74. The van der Waals surface area contributed by atoms with Crippen molar-refractivity contribution in [3.63, 3.8) is 0 Å². The van der Waals surface area contributed by atoms with Gasteiger partial charge in [-0.1, -0.05) is 23.7 Å². The number of fused-ring (bicyclic) bond motifs is 1. The largest absolute Gasteiger partial charge is 0.380 e. The number of nitrogens with one attached hydrogen (secondary N) is 1. The zero-order chi connectivity index (χ0) is 13.9. The van der Waals surface area contributed by atoms with Gasteiger partial charge < -0.3 is 5.32 Å². The molecule has 0 aliphatic rings. The molecule has 3 aromatic rings. The Hall–Kier alpha value is -2.13. The van der Waals surface area contributed by atoms with Crippen molar-refractivity contribution < 1.29 is 4.39 Å². The number of halogens is 2. The lowest BCUT2D eigenvalue weighted by atomic mass is 10.1. The van der Waals surface area contributed by atoms with Gasteiger partial charge in [0.25, 0.3) is 0 Å². The number of benzene rings is 2. The van der Waals surface area contributed by atoms with Crippen LogP contribution in [0, 0.1) is 5.82 Å². The zero-order valence-electron chi connectivity index (χ0n) is 10.6. The molecule has 0 aliphatic carbocycles. The molecule has 0 atom stereocenters. The summed E-state index contributed by atoms with van der Waals surface area (Å²) in [4.78, 5) is 4.09. The second kappa shape index (κ2) is 5.47. The van der Waals surface area contributed by atoms with E-state index in [4.69, 9.17) is 11.6 Å². The lowest BCUT2D eigenvalue weighted by Gasteiger charge is -2.10. The summed E-state index contributed by atoms with van der Waals surface area (Å²) >= 11 is 5.89. The van der Waals surface area contributed by atoms with E-state index in [1.54, 1.807) is 24.5 Å². The number of hydrogen-bond donors (Lipinski definition) is 1. The normalized spacial score (nSPS) is 10.7.